The molecule has 0 unspecified atom stereocenters. The topological polar surface area (TPSA) is 41.0 Å². The van der Waals surface area contributed by atoms with E-state index in [0.29, 0.717) is 23.2 Å². The van der Waals surface area contributed by atoms with Crippen LogP contribution in [0.1, 0.15) is 37.5 Å². The van der Waals surface area contributed by atoms with Crippen molar-refractivity contribution in [3.8, 4) is 0 Å². The van der Waals surface area contributed by atoms with Crippen molar-refractivity contribution in [2.75, 3.05) is 18.4 Å². The van der Waals surface area contributed by atoms with Crippen LogP contribution in [-0.4, -0.2) is 34.0 Å². The van der Waals surface area contributed by atoms with Gasteiger partial charge in [-0.05, 0) is 57.1 Å². The Labute approximate surface area is 177 Å². The highest BCUT2D eigenvalue weighted by Gasteiger charge is 2.29. The number of piperidine rings is 1. The molecule has 150 valence electrons. The van der Waals surface area contributed by atoms with Crippen molar-refractivity contribution >= 4 is 54.5 Å². The zero-order valence-electron chi connectivity index (χ0n) is 16.5. The smallest absolute Gasteiger partial charge is 0.173 e. The lowest BCUT2D eigenvalue weighted by atomic mass is 9.89. The third-order valence-corrected chi connectivity index (χ3v) is 8.02. The van der Waals surface area contributed by atoms with Crippen LogP contribution >= 0.6 is 22.7 Å². The molecule has 1 N–H and O–H groups in total. The molecular weight excluding hydrogens is 403 g/mol. The number of halogens is 1. The van der Waals surface area contributed by atoms with Crippen LogP contribution in [0.2, 0.25) is 0 Å². The molecule has 4 aromatic rings. The molecule has 29 heavy (non-hydrogen) atoms. The maximum absolute atomic E-state index is 14.9. The lowest BCUT2D eigenvalue weighted by molar-refractivity contribution is 0.148. The quantitative estimate of drug-likeness (QED) is 0.411. The molecule has 7 heteroatoms. The molecule has 1 aliphatic heterocycles. The molecule has 0 saturated carbocycles. The second kappa shape index (κ2) is 7.63. The number of hydrogen-bond acceptors (Lipinski definition) is 6. The van der Waals surface area contributed by atoms with E-state index in [-0.39, 0.29) is 5.82 Å². The minimum absolute atomic E-state index is 0.302. The first-order chi connectivity index (χ1) is 14.2. The number of thiazole rings is 1. The van der Waals surface area contributed by atoms with Crippen LogP contribution in [-0.2, 0) is 0 Å². The molecular formula is C22H23FN4S2. The lowest BCUT2D eigenvalue weighted by Crippen LogP contribution is -2.41. The molecule has 5 rings (SSSR count). The van der Waals surface area contributed by atoms with Gasteiger partial charge in [0.15, 0.2) is 5.82 Å². The van der Waals surface area contributed by atoms with Crippen LogP contribution in [0.3, 0.4) is 0 Å². The minimum Gasteiger partial charge on any atom is -0.352 e. The second-order valence-electron chi connectivity index (χ2n) is 7.60. The van der Waals surface area contributed by atoms with Crippen molar-refractivity contribution in [3.05, 3.63) is 46.7 Å². The summed E-state index contributed by atoms with van der Waals surface area (Å²) in [6.07, 6.45) is 4.24. The standard InChI is InChI=1S/C22H23FN4S2/c1-3-27-10-4-5-14(13(27)2)19-11-15-16(8-9-24-22(15)29-19)26-17-6-7-18-21(20(17)23)25-12-28-18/h6-9,11-14H,3-5,10H2,1-2H3,(H,24,26)/t13-,14+/m1/s1. The zero-order chi connectivity index (χ0) is 20.0. The zero-order valence-corrected chi connectivity index (χ0v) is 18.1. The number of likely N-dealkylation sites (tertiary alicyclic amines) is 1. The van der Waals surface area contributed by atoms with Gasteiger partial charge < -0.3 is 10.2 Å². The summed E-state index contributed by atoms with van der Waals surface area (Å²) in [5, 5.41) is 4.35. The van der Waals surface area contributed by atoms with Gasteiger partial charge in [0.05, 0.1) is 21.6 Å². The van der Waals surface area contributed by atoms with Gasteiger partial charge in [-0.2, -0.15) is 0 Å². The Morgan fingerprint density at radius 1 is 1.24 bits per heavy atom. The Morgan fingerprint density at radius 2 is 2.14 bits per heavy atom. The Bertz CT molecular complexity index is 1170. The van der Waals surface area contributed by atoms with Crippen LogP contribution in [0.15, 0.2) is 36.0 Å². The van der Waals surface area contributed by atoms with Crippen LogP contribution in [0.25, 0.3) is 20.4 Å². The van der Waals surface area contributed by atoms with Gasteiger partial charge in [-0.15, -0.1) is 22.7 Å². The number of nitrogens with one attached hydrogen (secondary N) is 1. The van der Waals surface area contributed by atoms with Gasteiger partial charge in [0, 0.05) is 28.4 Å². The summed E-state index contributed by atoms with van der Waals surface area (Å²) in [7, 11) is 0. The van der Waals surface area contributed by atoms with E-state index in [1.807, 2.05) is 12.1 Å². The predicted octanol–water partition coefficient (Wildman–Crippen LogP) is 6.38. The van der Waals surface area contributed by atoms with Crippen molar-refractivity contribution in [1.29, 1.82) is 0 Å². The molecule has 0 aliphatic carbocycles. The molecule has 0 spiro atoms. The third-order valence-electron chi connectivity index (χ3n) is 6.06. The molecule has 4 heterocycles. The third kappa shape index (κ3) is 3.31. The average Bonchev–Trinajstić information content (AvgIpc) is 3.38. The number of benzene rings is 1. The van der Waals surface area contributed by atoms with Gasteiger partial charge in [0.2, 0.25) is 0 Å². The lowest BCUT2D eigenvalue weighted by Gasteiger charge is -2.38. The normalized spacial score (nSPS) is 20.5. The molecule has 3 aromatic heterocycles. The summed E-state index contributed by atoms with van der Waals surface area (Å²) in [4.78, 5) is 13.7. The van der Waals surface area contributed by atoms with E-state index in [9.17, 15) is 4.39 Å². The maximum atomic E-state index is 14.9. The van der Waals surface area contributed by atoms with E-state index in [1.165, 1.54) is 35.6 Å². The molecule has 1 fully saturated rings. The van der Waals surface area contributed by atoms with Gasteiger partial charge in [0.25, 0.3) is 0 Å². The highest BCUT2D eigenvalue weighted by Crippen LogP contribution is 2.40. The van der Waals surface area contributed by atoms with Crippen LogP contribution in [0, 0.1) is 5.82 Å². The van der Waals surface area contributed by atoms with Crippen LogP contribution < -0.4 is 5.32 Å². The highest BCUT2D eigenvalue weighted by atomic mass is 32.1. The molecule has 1 aromatic carbocycles. The Morgan fingerprint density at radius 3 is 3.00 bits per heavy atom. The summed E-state index contributed by atoms with van der Waals surface area (Å²) in [6.45, 7) is 6.85. The number of fused-ring (bicyclic) bond motifs is 2. The summed E-state index contributed by atoms with van der Waals surface area (Å²) in [5.74, 6) is 0.225. The van der Waals surface area contributed by atoms with Crippen molar-refractivity contribution in [3.63, 3.8) is 0 Å². The molecule has 4 nitrogen and oxygen atoms in total. The number of rotatable bonds is 4. The number of aromatic nitrogens is 2. The van der Waals surface area contributed by atoms with E-state index in [4.69, 9.17) is 0 Å². The summed E-state index contributed by atoms with van der Waals surface area (Å²) < 4.78 is 15.7. The summed E-state index contributed by atoms with van der Waals surface area (Å²) >= 11 is 3.22. The summed E-state index contributed by atoms with van der Waals surface area (Å²) in [6, 6.07) is 8.42. The van der Waals surface area contributed by atoms with E-state index in [1.54, 1.807) is 29.1 Å². The van der Waals surface area contributed by atoms with Gasteiger partial charge in [-0.3, -0.25) is 0 Å². The highest BCUT2D eigenvalue weighted by molar-refractivity contribution is 7.18. The first kappa shape index (κ1) is 18.9. The van der Waals surface area contributed by atoms with Gasteiger partial charge in [-0.1, -0.05) is 6.92 Å². The van der Waals surface area contributed by atoms with Crippen molar-refractivity contribution in [1.82, 2.24) is 14.9 Å². The average molecular weight is 427 g/mol. The monoisotopic (exact) mass is 426 g/mol. The largest absolute Gasteiger partial charge is 0.352 e. The van der Waals surface area contributed by atoms with Crippen molar-refractivity contribution < 1.29 is 4.39 Å². The fourth-order valence-corrected chi connectivity index (χ4v) is 6.36. The van der Waals surface area contributed by atoms with Crippen LogP contribution in [0.5, 0.6) is 0 Å². The van der Waals surface area contributed by atoms with E-state index in [2.05, 4.69) is 40.1 Å². The van der Waals surface area contributed by atoms with Crippen molar-refractivity contribution in [2.24, 2.45) is 0 Å². The number of pyridine rings is 1. The second-order valence-corrected chi connectivity index (χ2v) is 9.54. The number of anilines is 2. The molecule has 1 saturated heterocycles. The van der Waals surface area contributed by atoms with E-state index in [0.717, 1.165) is 27.1 Å². The minimum atomic E-state index is -0.302. The van der Waals surface area contributed by atoms with E-state index < -0.39 is 0 Å². The number of thiophene rings is 1. The van der Waals surface area contributed by atoms with Gasteiger partial charge >= 0.3 is 0 Å². The molecule has 1 aliphatic rings. The Kier molecular flexibility index (Phi) is 4.97. The van der Waals surface area contributed by atoms with Crippen LogP contribution in [0.4, 0.5) is 15.8 Å². The first-order valence-electron chi connectivity index (χ1n) is 10.1. The molecule has 2 atom stereocenters. The Hall–Kier alpha value is -2.09. The molecule has 0 bridgehead atoms. The number of nitrogens with zero attached hydrogens (tertiary/aromatic N) is 3. The fraction of sp³-hybridized carbons (Fsp3) is 0.364. The predicted molar refractivity (Wildman–Crippen MR) is 121 cm³/mol. The number of hydrogen-bond donors (Lipinski definition) is 1. The van der Waals surface area contributed by atoms with Gasteiger partial charge in [-0.25, -0.2) is 14.4 Å². The maximum Gasteiger partial charge on any atom is 0.173 e. The molecule has 0 amide bonds. The van der Waals surface area contributed by atoms with Crippen molar-refractivity contribution in [2.45, 2.75) is 38.6 Å². The number of likely N-dealkylation sites (N-methyl/N-ethyl adjacent to an activating group) is 1. The Balaban J connectivity index is 1.51. The van der Waals surface area contributed by atoms with E-state index >= 15 is 0 Å². The first-order valence-corrected chi connectivity index (χ1v) is 11.8. The molecule has 0 radical (unpaired) electrons. The summed E-state index contributed by atoms with van der Waals surface area (Å²) in [5.41, 5.74) is 3.44. The SMILES string of the molecule is CCN1CCC[C@H](c2cc3c(Nc4ccc5scnc5c4F)ccnc3s2)[C@H]1C. The fourth-order valence-electron chi connectivity index (χ4n) is 4.43. The van der Waals surface area contributed by atoms with Gasteiger partial charge in [0.1, 0.15) is 10.3 Å².